The fraction of sp³-hybridized carbons (Fsp3) is 0.192. The van der Waals surface area contributed by atoms with Crippen LogP contribution in [0.1, 0.15) is 40.2 Å². The van der Waals surface area contributed by atoms with Crippen molar-refractivity contribution in [2.45, 2.75) is 24.8 Å². The first kappa shape index (κ1) is 20.8. The maximum atomic E-state index is 13.1. The molecule has 7 nitrogen and oxygen atoms in total. The van der Waals surface area contributed by atoms with Gasteiger partial charge in [0.2, 0.25) is 0 Å². The number of nitrogens with one attached hydrogen (secondary N) is 2. The third-order valence-electron chi connectivity index (χ3n) is 5.62. The molecule has 7 heteroatoms. The molecule has 0 unspecified atom stereocenters. The van der Waals surface area contributed by atoms with Crippen LogP contribution in [-0.4, -0.2) is 30.4 Å². The lowest BCUT2D eigenvalue weighted by atomic mass is 9.88. The van der Waals surface area contributed by atoms with Gasteiger partial charge >= 0.3 is 5.97 Å². The lowest BCUT2D eigenvalue weighted by Crippen LogP contribution is -2.28. The second-order valence-corrected chi connectivity index (χ2v) is 8.06. The van der Waals surface area contributed by atoms with Crippen LogP contribution in [0.15, 0.2) is 72.8 Å². The van der Waals surface area contributed by atoms with Crippen molar-refractivity contribution >= 4 is 23.5 Å². The summed E-state index contributed by atoms with van der Waals surface area (Å²) in [5, 5.41) is 5.59. The SMILES string of the molecule is O=C(COC(=O)C1c2ccccc2Oc2ccccc21)Nc1ccccc1C(=O)NC1CC1. The van der Waals surface area contributed by atoms with Gasteiger partial charge in [0.25, 0.3) is 11.8 Å². The first-order valence-corrected chi connectivity index (χ1v) is 10.8. The van der Waals surface area contributed by atoms with Crippen LogP contribution in [0, 0.1) is 0 Å². The van der Waals surface area contributed by atoms with Crippen LogP contribution in [-0.2, 0) is 14.3 Å². The van der Waals surface area contributed by atoms with Gasteiger partial charge in [-0.15, -0.1) is 0 Å². The van der Waals surface area contributed by atoms with Crippen LogP contribution in [0.4, 0.5) is 5.69 Å². The van der Waals surface area contributed by atoms with E-state index in [0.717, 1.165) is 12.8 Å². The van der Waals surface area contributed by atoms with E-state index < -0.39 is 24.4 Å². The summed E-state index contributed by atoms with van der Waals surface area (Å²) in [6.07, 6.45) is 1.93. The van der Waals surface area contributed by atoms with Gasteiger partial charge in [-0.3, -0.25) is 14.4 Å². The van der Waals surface area contributed by atoms with Gasteiger partial charge in [0.05, 0.1) is 11.3 Å². The molecule has 3 aromatic rings. The summed E-state index contributed by atoms with van der Waals surface area (Å²) in [7, 11) is 0. The predicted molar refractivity (Wildman–Crippen MR) is 121 cm³/mol. The first-order valence-electron chi connectivity index (χ1n) is 10.8. The zero-order valence-electron chi connectivity index (χ0n) is 17.7. The largest absolute Gasteiger partial charge is 0.457 e. The summed E-state index contributed by atoms with van der Waals surface area (Å²) in [5.74, 6) is -0.843. The van der Waals surface area contributed by atoms with Crippen LogP contribution in [0.25, 0.3) is 0 Å². The summed E-state index contributed by atoms with van der Waals surface area (Å²) in [5.41, 5.74) is 2.11. The predicted octanol–water partition coefficient (Wildman–Crippen LogP) is 4.00. The first-order chi connectivity index (χ1) is 16.1. The normalized spacial score (nSPS) is 14.3. The molecule has 1 aliphatic heterocycles. The Morgan fingerprint density at radius 2 is 1.45 bits per heavy atom. The van der Waals surface area contributed by atoms with E-state index in [4.69, 9.17) is 9.47 Å². The zero-order chi connectivity index (χ0) is 22.8. The van der Waals surface area contributed by atoms with Gasteiger partial charge in [-0.25, -0.2) is 0 Å². The molecule has 0 bridgehead atoms. The number of rotatable bonds is 6. The molecule has 2 aliphatic rings. The fourth-order valence-electron chi connectivity index (χ4n) is 3.85. The van der Waals surface area contributed by atoms with Crippen LogP contribution >= 0.6 is 0 Å². The quantitative estimate of drug-likeness (QED) is 0.563. The molecule has 1 fully saturated rings. The molecule has 0 aromatic heterocycles. The van der Waals surface area contributed by atoms with E-state index in [0.29, 0.717) is 33.9 Å². The van der Waals surface area contributed by atoms with Gasteiger partial charge in [-0.2, -0.15) is 0 Å². The number of anilines is 1. The Morgan fingerprint density at radius 3 is 2.12 bits per heavy atom. The van der Waals surface area contributed by atoms with Crippen molar-refractivity contribution in [3.05, 3.63) is 89.5 Å². The molecule has 0 radical (unpaired) electrons. The number of fused-ring (bicyclic) bond motifs is 2. The smallest absolute Gasteiger partial charge is 0.318 e. The van der Waals surface area contributed by atoms with Crippen LogP contribution in [0.5, 0.6) is 11.5 Å². The second kappa shape index (κ2) is 8.78. The summed E-state index contributed by atoms with van der Waals surface area (Å²) in [6.45, 7) is -0.473. The van der Waals surface area contributed by atoms with Crippen molar-refractivity contribution in [1.29, 1.82) is 0 Å². The number of benzene rings is 3. The van der Waals surface area contributed by atoms with E-state index in [1.807, 2.05) is 36.4 Å². The highest BCUT2D eigenvalue weighted by atomic mass is 16.5. The maximum absolute atomic E-state index is 13.1. The monoisotopic (exact) mass is 442 g/mol. The van der Waals surface area contributed by atoms with Gasteiger partial charge in [-0.1, -0.05) is 48.5 Å². The summed E-state index contributed by atoms with van der Waals surface area (Å²) in [6, 6.07) is 21.5. The van der Waals surface area contributed by atoms with E-state index in [1.54, 1.807) is 36.4 Å². The zero-order valence-corrected chi connectivity index (χ0v) is 17.7. The molecule has 0 atom stereocenters. The highest BCUT2D eigenvalue weighted by Gasteiger charge is 2.34. The second-order valence-electron chi connectivity index (χ2n) is 8.06. The van der Waals surface area contributed by atoms with Gasteiger partial charge in [0.15, 0.2) is 6.61 Å². The highest BCUT2D eigenvalue weighted by Crippen LogP contribution is 2.44. The highest BCUT2D eigenvalue weighted by molar-refractivity contribution is 6.04. The third-order valence-corrected chi connectivity index (χ3v) is 5.62. The Morgan fingerprint density at radius 1 is 0.848 bits per heavy atom. The molecule has 3 aromatic carbocycles. The Labute approximate surface area is 190 Å². The van der Waals surface area contributed by atoms with Gasteiger partial charge in [0.1, 0.15) is 17.4 Å². The molecule has 2 N–H and O–H groups in total. The van der Waals surface area contributed by atoms with Crippen molar-refractivity contribution in [2.24, 2.45) is 0 Å². The molecule has 1 saturated carbocycles. The topological polar surface area (TPSA) is 93.7 Å². The lowest BCUT2D eigenvalue weighted by molar-refractivity contribution is -0.148. The molecule has 1 heterocycles. The van der Waals surface area contributed by atoms with Gasteiger partial charge in [0, 0.05) is 17.2 Å². The standard InChI is InChI=1S/C26H22N2O5/c29-23(28-20-10-4-1-7-17(20)25(30)27-16-13-14-16)15-32-26(31)24-18-8-2-5-11-21(18)33-22-12-6-3-9-19(22)24/h1-12,16,24H,13-15H2,(H,27,30)(H,28,29). The minimum atomic E-state index is -0.699. The molecular formula is C26H22N2O5. The van der Waals surface area contributed by atoms with Crippen molar-refractivity contribution in [3.63, 3.8) is 0 Å². The summed E-state index contributed by atoms with van der Waals surface area (Å²) >= 11 is 0. The molecule has 166 valence electrons. The molecule has 33 heavy (non-hydrogen) atoms. The lowest BCUT2D eigenvalue weighted by Gasteiger charge is -2.26. The Kier molecular flexibility index (Phi) is 5.52. The van der Waals surface area contributed by atoms with Crippen LogP contribution in [0.3, 0.4) is 0 Å². The van der Waals surface area contributed by atoms with Crippen molar-refractivity contribution in [3.8, 4) is 11.5 Å². The van der Waals surface area contributed by atoms with E-state index >= 15 is 0 Å². The number of ether oxygens (including phenoxy) is 2. The minimum absolute atomic E-state index is 0.201. The third kappa shape index (κ3) is 4.43. The van der Waals surface area contributed by atoms with Crippen molar-refractivity contribution in [1.82, 2.24) is 5.32 Å². The number of esters is 1. The maximum Gasteiger partial charge on any atom is 0.318 e. The Balaban J connectivity index is 1.28. The number of hydrogen-bond donors (Lipinski definition) is 2. The van der Waals surface area contributed by atoms with Gasteiger partial charge < -0.3 is 20.1 Å². The van der Waals surface area contributed by atoms with E-state index in [1.165, 1.54) is 0 Å². The Bertz CT molecular complexity index is 1190. The van der Waals surface area contributed by atoms with E-state index in [2.05, 4.69) is 10.6 Å². The molecule has 0 spiro atoms. The fourth-order valence-corrected chi connectivity index (χ4v) is 3.85. The van der Waals surface area contributed by atoms with Crippen molar-refractivity contribution in [2.75, 3.05) is 11.9 Å². The summed E-state index contributed by atoms with van der Waals surface area (Å²) < 4.78 is 11.3. The molecular weight excluding hydrogens is 420 g/mol. The number of amides is 2. The molecule has 5 rings (SSSR count). The number of hydrogen-bond acceptors (Lipinski definition) is 5. The van der Waals surface area contributed by atoms with Crippen molar-refractivity contribution < 1.29 is 23.9 Å². The minimum Gasteiger partial charge on any atom is -0.457 e. The molecule has 1 aliphatic carbocycles. The van der Waals surface area contributed by atoms with Crippen LogP contribution in [0.2, 0.25) is 0 Å². The number of carbonyl (C=O) groups excluding carboxylic acids is 3. The van der Waals surface area contributed by atoms with E-state index in [-0.39, 0.29) is 11.9 Å². The summed E-state index contributed by atoms with van der Waals surface area (Å²) in [4.78, 5) is 38.1. The molecule has 2 amide bonds. The van der Waals surface area contributed by atoms with E-state index in [9.17, 15) is 14.4 Å². The average molecular weight is 442 g/mol. The molecule has 0 saturated heterocycles. The number of para-hydroxylation sites is 3. The Hall–Kier alpha value is -4.13. The number of carbonyl (C=O) groups is 3. The average Bonchev–Trinajstić information content (AvgIpc) is 3.65. The van der Waals surface area contributed by atoms with Gasteiger partial charge in [-0.05, 0) is 37.1 Å². The van der Waals surface area contributed by atoms with Crippen LogP contribution < -0.4 is 15.4 Å².